The highest BCUT2D eigenvalue weighted by atomic mass is 16.5. The minimum absolute atomic E-state index is 0.0881. The number of carbonyl (C=O) groups excluding carboxylic acids is 1. The molecule has 4 nitrogen and oxygen atoms in total. The van der Waals surface area contributed by atoms with Crippen LogP contribution in [0.5, 0.6) is 5.75 Å². The van der Waals surface area contributed by atoms with Gasteiger partial charge in [-0.05, 0) is 43.9 Å². The third kappa shape index (κ3) is 3.73. The molecule has 1 aromatic carbocycles. The molecule has 1 atom stereocenters. The predicted octanol–water partition coefficient (Wildman–Crippen LogP) is 2.58. The summed E-state index contributed by atoms with van der Waals surface area (Å²) in [6, 6.07) is 7.35. The van der Waals surface area contributed by atoms with E-state index in [0.29, 0.717) is 11.5 Å². The number of nitrogens with zero attached hydrogens (tertiary/aromatic N) is 1. The summed E-state index contributed by atoms with van der Waals surface area (Å²) in [7, 11) is 1.61. The maximum Gasteiger partial charge on any atom is 0.253 e. The van der Waals surface area contributed by atoms with E-state index in [0.717, 1.165) is 44.9 Å². The van der Waals surface area contributed by atoms with Crippen LogP contribution in [0.15, 0.2) is 24.3 Å². The molecule has 110 valence electrons. The zero-order chi connectivity index (χ0) is 14.4. The molecule has 0 N–H and O–H groups in total. The van der Waals surface area contributed by atoms with Gasteiger partial charge in [0.25, 0.3) is 5.91 Å². The van der Waals surface area contributed by atoms with E-state index in [4.69, 9.17) is 9.47 Å². The minimum Gasteiger partial charge on any atom is -0.497 e. The standard InChI is InChI=1S/C16H23NO3/c1-3-20-12-13-6-5-9-17(11-13)16(18)14-7-4-8-15(10-14)19-2/h4,7-8,10,13H,3,5-6,9,11-12H2,1-2H3. The van der Waals surface area contributed by atoms with Gasteiger partial charge in [0, 0.05) is 25.3 Å². The number of piperidine rings is 1. The van der Waals surface area contributed by atoms with E-state index in [1.807, 2.05) is 30.0 Å². The summed E-state index contributed by atoms with van der Waals surface area (Å²) in [4.78, 5) is 14.4. The molecule has 1 aliphatic heterocycles. The van der Waals surface area contributed by atoms with E-state index in [9.17, 15) is 4.79 Å². The highest BCUT2D eigenvalue weighted by Gasteiger charge is 2.24. The molecular formula is C16H23NO3. The molecule has 1 amide bonds. The van der Waals surface area contributed by atoms with Crippen LogP contribution < -0.4 is 4.74 Å². The highest BCUT2D eigenvalue weighted by molar-refractivity contribution is 5.94. The maximum atomic E-state index is 12.5. The minimum atomic E-state index is 0.0881. The Kier molecular flexibility index (Phi) is 5.41. The molecular weight excluding hydrogens is 254 g/mol. The number of hydrogen-bond donors (Lipinski definition) is 0. The van der Waals surface area contributed by atoms with Crippen molar-refractivity contribution < 1.29 is 14.3 Å². The first kappa shape index (κ1) is 14.9. The van der Waals surface area contributed by atoms with Crippen molar-refractivity contribution in [1.29, 1.82) is 0 Å². The number of carbonyl (C=O) groups is 1. The van der Waals surface area contributed by atoms with Crippen molar-refractivity contribution in [2.75, 3.05) is 33.4 Å². The van der Waals surface area contributed by atoms with E-state index in [-0.39, 0.29) is 5.91 Å². The SMILES string of the molecule is CCOCC1CCCN(C(=O)c2cccc(OC)c2)C1. The smallest absolute Gasteiger partial charge is 0.253 e. The van der Waals surface area contributed by atoms with Gasteiger partial charge in [0.05, 0.1) is 13.7 Å². The van der Waals surface area contributed by atoms with Gasteiger partial charge in [0.1, 0.15) is 5.75 Å². The lowest BCUT2D eigenvalue weighted by atomic mass is 9.98. The first-order valence-corrected chi connectivity index (χ1v) is 7.25. The molecule has 1 unspecified atom stereocenters. The Morgan fingerprint density at radius 2 is 2.30 bits per heavy atom. The topological polar surface area (TPSA) is 38.8 Å². The van der Waals surface area contributed by atoms with Crippen molar-refractivity contribution in [2.45, 2.75) is 19.8 Å². The molecule has 0 spiro atoms. The molecule has 4 heteroatoms. The Bertz CT molecular complexity index is 447. The van der Waals surface area contributed by atoms with E-state index in [2.05, 4.69) is 0 Å². The molecule has 1 fully saturated rings. The molecule has 0 aromatic heterocycles. The summed E-state index contributed by atoms with van der Waals surface area (Å²) in [6.45, 7) is 5.11. The highest BCUT2D eigenvalue weighted by Crippen LogP contribution is 2.20. The van der Waals surface area contributed by atoms with Gasteiger partial charge in [-0.15, -0.1) is 0 Å². The van der Waals surface area contributed by atoms with Crippen molar-refractivity contribution in [1.82, 2.24) is 4.90 Å². The zero-order valence-corrected chi connectivity index (χ0v) is 12.3. The fourth-order valence-corrected chi connectivity index (χ4v) is 2.61. The Morgan fingerprint density at radius 1 is 1.45 bits per heavy atom. The second-order valence-electron chi connectivity index (χ2n) is 5.15. The quantitative estimate of drug-likeness (QED) is 0.830. The van der Waals surface area contributed by atoms with E-state index >= 15 is 0 Å². The molecule has 1 heterocycles. The van der Waals surface area contributed by atoms with Crippen molar-refractivity contribution in [3.63, 3.8) is 0 Å². The van der Waals surface area contributed by atoms with E-state index in [1.165, 1.54) is 0 Å². The van der Waals surface area contributed by atoms with Gasteiger partial charge in [-0.2, -0.15) is 0 Å². The second kappa shape index (κ2) is 7.29. The number of amides is 1. The Hall–Kier alpha value is -1.55. The summed E-state index contributed by atoms with van der Waals surface area (Å²) in [5.74, 6) is 1.27. The third-order valence-corrected chi connectivity index (χ3v) is 3.68. The number of hydrogen-bond acceptors (Lipinski definition) is 3. The molecule has 0 bridgehead atoms. The molecule has 2 rings (SSSR count). The molecule has 0 radical (unpaired) electrons. The van der Waals surface area contributed by atoms with Gasteiger partial charge < -0.3 is 14.4 Å². The number of likely N-dealkylation sites (tertiary alicyclic amines) is 1. The van der Waals surface area contributed by atoms with Crippen molar-refractivity contribution in [2.24, 2.45) is 5.92 Å². The molecule has 1 saturated heterocycles. The molecule has 20 heavy (non-hydrogen) atoms. The first-order valence-electron chi connectivity index (χ1n) is 7.25. The number of rotatable bonds is 5. The van der Waals surface area contributed by atoms with Crippen LogP contribution in [0.2, 0.25) is 0 Å². The summed E-state index contributed by atoms with van der Waals surface area (Å²) in [5.41, 5.74) is 0.696. The van der Waals surface area contributed by atoms with Crippen molar-refractivity contribution in [3.05, 3.63) is 29.8 Å². The summed E-state index contributed by atoms with van der Waals surface area (Å²) < 4.78 is 10.7. The van der Waals surface area contributed by atoms with E-state index < -0.39 is 0 Å². The largest absolute Gasteiger partial charge is 0.497 e. The monoisotopic (exact) mass is 277 g/mol. The molecule has 1 aromatic rings. The van der Waals surface area contributed by atoms with Crippen LogP contribution in [0.25, 0.3) is 0 Å². The van der Waals surface area contributed by atoms with Gasteiger partial charge in [0.15, 0.2) is 0 Å². The van der Waals surface area contributed by atoms with Crippen LogP contribution in [0.4, 0.5) is 0 Å². The van der Waals surface area contributed by atoms with Gasteiger partial charge in [0.2, 0.25) is 0 Å². The van der Waals surface area contributed by atoms with Gasteiger partial charge in [-0.1, -0.05) is 6.07 Å². The van der Waals surface area contributed by atoms with Crippen molar-refractivity contribution >= 4 is 5.91 Å². The van der Waals surface area contributed by atoms with Crippen LogP contribution in [-0.2, 0) is 4.74 Å². The van der Waals surface area contributed by atoms with Gasteiger partial charge >= 0.3 is 0 Å². The molecule has 0 saturated carbocycles. The lowest BCUT2D eigenvalue weighted by Crippen LogP contribution is -2.41. The number of methoxy groups -OCH3 is 1. The molecule has 0 aliphatic carbocycles. The lowest BCUT2D eigenvalue weighted by Gasteiger charge is -2.32. The number of ether oxygens (including phenoxy) is 2. The zero-order valence-electron chi connectivity index (χ0n) is 12.3. The van der Waals surface area contributed by atoms with Crippen LogP contribution in [0.3, 0.4) is 0 Å². The Morgan fingerprint density at radius 3 is 3.05 bits per heavy atom. The average Bonchev–Trinajstić information content (AvgIpc) is 2.52. The Balaban J connectivity index is 2.00. The lowest BCUT2D eigenvalue weighted by molar-refractivity contribution is 0.0501. The van der Waals surface area contributed by atoms with Crippen LogP contribution in [0.1, 0.15) is 30.1 Å². The third-order valence-electron chi connectivity index (χ3n) is 3.68. The average molecular weight is 277 g/mol. The van der Waals surface area contributed by atoms with E-state index in [1.54, 1.807) is 13.2 Å². The Labute approximate surface area is 120 Å². The molecule has 1 aliphatic rings. The second-order valence-corrected chi connectivity index (χ2v) is 5.15. The summed E-state index contributed by atoms with van der Waals surface area (Å²) >= 11 is 0. The normalized spacial score (nSPS) is 18.9. The number of benzene rings is 1. The maximum absolute atomic E-state index is 12.5. The fraction of sp³-hybridized carbons (Fsp3) is 0.562. The van der Waals surface area contributed by atoms with Gasteiger partial charge in [-0.25, -0.2) is 0 Å². The van der Waals surface area contributed by atoms with Crippen LogP contribution in [-0.4, -0.2) is 44.2 Å². The van der Waals surface area contributed by atoms with Gasteiger partial charge in [-0.3, -0.25) is 4.79 Å². The first-order chi connectivity index (χ1) is 9.74. The van der Waals surface area contributed by atoms with Crippen LogP contribution in [0, 0.1) is 5.92 Å². The summed E-state index contributed by atoms with van der Waals surface area (Å²) in [6.07, 6.45) is 2.19. The predicted molar refractivity (Wildman–Crippen MR) is 78.1 cm³/mol. The van der Waals surface area contributed by atoms with Crippen LogP contribution >= 0.6 is 0 Å². The fourth-order valence-electron chi connectivity index (χ4n) is 2.61. The summed E-state index contributed by atoms with van der Waals surface area (Å²) in [5, 5.41) is 0. The van der Waals surface area contributed by atoms with Crippen molar-refractivity contribution in [3.8, 4) is 5.75 Å².